The highest BCUT2D eigenvalue weighted by Gasteiger charge is 2.44. The van der Waals surface area contributed by atoms with Crippen molar-refractivity contribution in [1.82, 2.24) is 10.6 Å². The van der Waals surface area contributed by atoms with Crippen LogP contribution in [0.1, 0.15) is 31.7 Å². The van der Waals surface area contributed by atoms with E-state index in [4.69, 9.17) is 0 Å². The van der Waals surface area contributed by atoms with Crippen LogP contribution in [0.5, 0.6) is 0 Å². The van der Waals surface area contributed by atoms with E-state index < -0.39 is 5.60 Å². The molecule has 2 aliphatic rings. The Morgan fingerprint density at radius 3 is 2.72 bits per heavy atom. The molecule has 1 unspecified atom stereocenters. The van der Waals surface area contributed by atoms with Crippen LogP contribution in [-0.4, -0.2) is 47.8 Å². The number of aliphatic imine (C=N–C) groups is 1. The lowest BCUT2D eigenvalue weighted by atomic mass is 9.96. The van der Waals surface area contributed by atoms with Gasteiger partial charge in [-0.2, -0.15) is 11.8 Å². The van der Waals surface area contributed by atoms with Crippen molar-refractivity contribution in [3.8, 4) is 0 Å². The van der Waals surface area contributed by atoms with Gasteiger partial charge < -0.3 is 15.7 Å². The molecule has 1 aromatic rings. The molecule has 140 valence electrons. The Balaban J connectivity index is 0.00000225. The van der Waals surface area contributed by atoms with Crippen LogP contribution in [0.25, 0.3) is 0 Å². The second-order valence-corrected chi connectivity index (χ2v) is 7.97. The molecule has 4 nitrogen and oxygen atoms in total. The van der Waals surface area contributed by atoms with Crippen LogP contribution in [0.15, 0.2) is 29.3 Å². The number of rotatable bonds is 6. The molecule has 3 N–H and O–H groups in total. The molecule has 0 amide bonds. The molecule has 1 saturated heterocycles. The van der Waals surface area contributed by atoms with E-state index >= 15 is 0 Å². The van der Waals surface area contributed by atoms with E-state index in [9.17, 15) is 9.50 Å². The highest BCUT2D eigenvalue weighted by molar-refractivity contribution is 14.0. The second kappa shape index (κ2) is 8.90. The lowest BCUT2D eigenvalue weighted by Crippen LogP contribution is -2.43. The van der Waals surface area contributed by atoms with E-state index in [2.05, 4.69) is 15.6 Å². The van der Waals surface area contributed by atoms with Crippen LogP contribution in [0.2, 0.25) is 0 Å². The van der Waals surface area contributed by atoms with E-state index in [0.717, 1.165) is 55.4 Å². The Hall–Kier alpha value is -0.540. The third-order valence-corrected chi connectivity index (χ3v) is 6.08. The molecule has 1 atom stereocenters. The Morgan fingerprint density at radius 1 is 1.32 bits per heavy atom. The number of hydrogen-bond donors (Lipinski definition) is 3. The fraction of sp³-hybridized carbons (Fsp3) is 0.611. The van der Waals surface area contributed by atoms with E-state index in [1.807, 2.05) is 13.0 Å². The van der Waals surface area contributed by atoms with Gasteiger partial charge >= 0.3 is 0 Å². The van der Waals surface area contributed by atoms with Gasteiger partial charge in [-0.25, -0.2) is 4.39 Å². The van der Waals surface area contributed by atoms with Crippen molar-refractivity contribution in [2.24, 2.45) is 4.99 Å². The first-order valence-corrected chi connectivity index (χ1v) is 9.79. The van der Waals surface area contributed by atoms with Crippen molar-refractivity contribution in [2.45, 2.75) is 37.2 Å². The fourth-order valence-corrected chi connectivity index (χ4v) is 4.36. The first-order chi connectivity index (χ1) is 11.6. The number of aliphatic hydroxyl groups is 1. The smallest absolute Gasteiger partial charge is 0.191 e. The summed E-state index contributed by atoms with van der Waals surface area (Å²) in [6, 6.07) is 6.90. The Kier molecular flexibility index (Phi) is 7.40. The van der Waals surface area contributed by atoms with Crippen LogP contribution in [0.3, 0.4) is 0 Å². The maximum atomic E-state index is 13.5. The molecule has 1 aliphatic heterocycles. The van der Waals surface area contributed by atoms with Gasteiger partial charge in [0.15, 0.2) is 5.96 Å². The highest BCUT2D eigenvalue weighted by atomic mass is 127. The van der Waals surface area contributed by atoms with Gasteiger partial charge in [0.25, 0.3) is 0 Å². The minimum absolute atomic E-state index is 0. The summed E-state index contributed by atoms with van der Waals surface area (Å²) in [5.41, 5.74) is 0.391. The molecule has 0 radical (unpaired) electrons. The lowest BCUT2D eigenvalue weighted by Gasteiger charge is -2.22. The number of guanidine groups is 1. The van der Waals surface area contributed by atoms with Gasteiger partial charge in [-0.3, -0.25) is 4.99 Å². The fourth-order valence-electron chi connectivity index (χ4n) is 3.08. The van der Waals surface area contributed by atoms with Crippen molar-refractivity contribution in [2.75, 3.05) is 31.1 Å². The van der Waals surface area contributed by atoms with Crippen molar-refractivity contribution in [3.63, 3.8) is 0 Å². The molecule has 25 heavy (non-hydrogen) atoms. The van der Waals surface area contributed by atoms with Gasteiger partial charge in [-0.05, 0) is 49.6 Å². The Bertz CT molecular complexity index is 604. The number of thioether (sulfide) groups is 1. The number of nitrogens with zero attached hydrogens (tertiary/aromatic N) is 1. The topological polar surface area (TPSA) is 56.7 Å². The molecule has 2 fully saturated rings. The predicted molar refractivity (Wildman–Crippen MR) is 114 cm³/mol. The Morgan fingerprint density at radius 2 is 2.12 bits per heavy atom. The maximum absolute atomic E-state index is 13.5. The zero-order valence-corrected chi connectivity index (χ0v) is 17.7. The first-order valence-electron chi connectivity index (χ1n) is 8.64. The monoisotopic (exact) mass is 479 g/mol. The SMILES string of the molecule is CCNC(=NCC1(O)CCSC1)NCC1(c2cccc(F)c2)CC1.I. The molecule has 0 aromatic heterocycles. The van der Waals surface area contributed by atoms with Gasteiger partial charge in [-0.1, -0.05) is 12.1 Å². The molecule has 1 saturated carbocycles. The summed E-state index contributed by atoms with van der Waals surface area (Å²) in [6.45, 7) is 3.94. The zero-order chi connectivity index (χ0) is 17.0. The third-order valence-electron chi connectivity index (χ3n) is 4.84. The molecule has 1 aromatic carbocycles. The summed E-state index contributed by atoms with van der Waals surface area (Å²) in [4.78, 5) is 4.57. The van der Waals surface area contributed by atoms with Crippen LogP contribution in [-0.2, 0) is 5.41 Å². The lowest BCUT2D eigenvalue weighted by molar-refractivity contribution is 0.0778. The van der Waals surface area contributed by atoms with Gasteiger partial charge in [0.1, 0.15) is 5.82 Å². The van der Waals surface area contributed by atoms with Crippen LogP contribution in [0, 0.1) is 5.82 Å². The van der Waals surface area contributed by atoms with Crippen LogP contribution >= 0.6 is 35.7 Å². The third kappa shape index (κ3) is 5.47. The normalized spacial score (nSPS) is 24.5. The van der Waals surface area contributed by atoms with E-state index in [1.54, 1.807) is 23.9 Å². The largest absolute Gasteiger partial charge is 0.387 e. The summed E-state index contributed by atoms with van der Waals surface area (Å²) < 4.78 is 13.5. The molecular weight excluding hydrogens is 452 g/mol. The van der Waals surface area contributed by atoms with E-state index in [-0.39, 0.29) is 35.2 Å². The summed E-state index contributed by atoms with van der Waals surface area (Å²) in [5, 5.41) is 17.0. The molecule has 0 spiro atoms. The summed E-state index contributed by atoms with van der Waals surface area (Å²) in [6.07, 6.45) is 2.92. The molecule has 7 heteroatoms. The molecular formula is C18H27FIN3OS. The summed E-state index contributed by atoms with van der Waals surface area (Å²) in [5.74, 6) is 2.30. The minimum Gasteiger partial charge on any atom is -0.387 e. The van der Waals surface area contributed by atoms with Crippen LogP contribution in [0.4, 0.5) is 4.39 Å². The Labute approximate surface area is 170 Å². The predicted octanol–water partition coefficient (Wildman–Crippen LogP) is 2.90. The average molecular weight is 479 g/mol. The first kappa shape index (κ1) is 20.8. The second-order valence-electron chi connectivity index (χ2n) is 6.87. The molecule has 1 aliphatic carbocycles. The average Bonchev–Trinajstić information content (AvgIpc) is 3.25. The van der Waals surface area contributed by atoms with Crippen molar-refractivity contribution < 1.29 is 9.50 Å². The minimum atomic E-state index is -0.674. The number of halogens is 2. The highest BCUT2D eigenvalue weighted by Crippen LogP contribution is 2.47. The molecule has 1 heterocycles. The van der Waals surface area contributed by atoms with Crippen molar-refractivity contribution in [1.29, 1.82) is 0 Å². The van der Waals surface area contributed by atoms with Crippen molar-refractivity contribution >= 4 is 41.7 Å². The number of benzene rings is 1. The molecule has 0 bridgehead atoms. The van der Waals surface area contributed by atoms with Crippen molar-refractivity contribution in [3.05, 3.63) is 35.6 Å². The number of nitrogens with one attached hydrogen (secondary N) is 2. The standard InChI is InChI=1S/C18H26FN3OS.HI/c1-2-20-16(22-12-18(23)8-9-24-13-18)21-11-17(6-7-17)14-4-3-5-15(19)10-14;/h3-5,10,23H,2,6-9,11-13H2,1H3,(H2,20,21,22);1H. The van der Waals surface area contributed by atoms with Crippen LogP contribution < -0.4 is 10.6 Å². The van der Waals surface area contributed by atoms with E-state index in [0.29, 0.717) is 6.54 Å². The van der Waals surface area contributed by atoms with Gasteiger partial charge in [0.2, 0.25) is 0 Å². The zero-order valence-electron chi connectivity index (χ0n) is 14.6. The summed E-state index contributed by atoms with van der Waals surface area (Å²) >= 11 is 1.78. The molecule has 3 rings (SSSR count). The van der Waals surface area contributed by atoms with Gasteiger partial charge in [0, 0.05) is 24.3 Å². The van der Waals surface area contributed by atoms with Gasteiger partial charge in [0.05, 0.1) is 12.1 Å². The quantitative estimate of drug-likeness (QED) is 0.334. The number of hydrogen-bond acceptors (Lipinski definition) is 3. The summed E-state index contributed by atoms with van der Waals surface area (Å²) in [7, 11) is 0. The van der Waals surface area contributed by atoms with E-state index in [1.165, 1.54) is 6.07 Å². The maximum Gasteiger partial charge on any atom is 0.191 e. The van der Waals surface area contributed by atoms with Gasteiger partial charge in [-0.15, -0.1) is 24.0 Å².